The summed E-state index contributed by atoms with van der Waals surface area (Å²) >= 11 is 1.70. The molecule has 2 aromatic rings. The molecule has 1 aromatic heterocycles. The highest BCUT2D eigenvalue weighted by molar-refractivity contribution is 7.98. The van der Waals surface area contributed by atoms with Crippen molar-refractivity contribution in [3.05, 3.63) is 41.5 Å². The Balaban J connectivity index is 1.96. The van der Waals surface area contributed by atoms with E-state index in [1.165, 1.54) is 10.5 Å². The molecule has 0 bridgehead atoms. The van der Waals surface area contributed by atoms with Crippen LogP contribution in [0.15, 0.2) is 29.2 Å². The third-order valence-electron chi connectivity index (χ3n) is 2.08. The standard InChI is InChI=1S/C11H13N3OS/c1-8-3-2-4-9(5-8)16-7-11-12-10(6-15)13-14-11/h2-5,15H,6-7H2,1H3,(H,12,13,14). The number of aryl methyl sites for hydroxylation is 1. The summed E-state index contributed by atoms with van der Waals surface area (Å²) in [6.45, 7) is 1.95. The molecule has 2 N–H and O–H groups in total. The Hall–Kier alpha value is -1.33. The molecule has 0 saturated heterocycles. The van der Waals surface area contributed by atoms with E-state index in [2.05, 4.69) is 40.3 Å². The summed E-state index contributed by atoms with van der Waals surface area (Å²) in [5.74, 6) is 1.96. The molecule has 0 unspecified atom stereocenters. The summed E-state index contributed by atoms with van der Waals surface area (Å²) in [6.07, 6.45) is 0. The zero-order valence-corrected chi connectivity index (χ0v) is 9.79. The quantitative estimate of drug-likeness (QED) is 0.794. The molecule has 16 heavy (non-hydrogen) atoms. The van der Waals surface area contributed by atoms with E-state index in [0.29, 0.717) is 5.82 Å². The van der Waals surface area contributed by atoms with Crippen LogP contribution in [0.2, 0.25) is 0 Å². The van der Waals surface area contributed by atoms with Crippen molar-refractivity contribution in [2.75, 3.05) is 0 Å². The van der Waals surface area contributed by atoms with Crippen molar-refractivity contribution >= 4 is 11.8 Å². The van der Waals surface area contributed by atoms with E-state index in [9.17, 15) is 0 Å². The van der Waals surface area contributed by atoms with Crippen LogP contribution in [0, 0.1) is 6.92 Å². The Morgan fingerprint density at radius 3 is 3.00 bits per heavy atom. The van der Waals surface area contributed by atoms with E-state index in [-0.39, 0.29) is 6.61 Å². The summed E-state index contributed by atoms with van der Waals surface area (Å²) in [5, 5.41) is 15.5. The lowest BCUT2D eigenvalue weighted by Gasteiger charge is -1.99. The first-order chi connectivity index (χ1) is 7.78. The molecule has 2 rings (SSSR count). The first-order valence-corrected chi connectivity index (χ1v) is 5.97. The first kappa shape index (κ1) is 11.2. The smallest absolute Gasteiger partial charge is 0.176 e. The largest absolute Gasteiger partial charge is 0.388 e. The molecule has 4 nitrogen and oxygen atoms in total. The van der Waals surface area contributed by atoms with Gasteiger partial charge in [-0.25, -0.2) is 4.98 Å². The van der Waals surface area contributed by atoms with Crippen LogP contribution in [0.5, 0.6) is 0 Å². The van der Waals surface area contributed by atoms with Gasteiger partial charge in [0.05, 0.1) is 5.75 Å². The zero-order valence-electron chi connectivity index (χ0n) is 8.97. The predicted molar refractivity (Wildman–Crippen MR) is 63.0 cm³/mol. The van der Waals surface area contributed by atoms with E-state index in [1.807, 2.05) is 6.07 Å². The molecule has 0 aliphatic heterocycles. The number of benzene rings is 1. The van der Waals surface area contributed by atoms with E-state index in [1.54, 1.807) is 11.8 Å². The fraction of sp³-hybridized carbons (Fsp3) is 0.273. The normalized spacial score (nSPS) is 10.6. The molecular weight excluding hydrogens is 222 g/mol. The van der Waals surface area contributed by atoms with Crippen molar-refractivity contribution in [1.82, 2.24) is 15.2 Å². The summed E-state index contributed by atoms with van der Waals surface area (Å²) in [6, 6.07) is 8.31. The van der Waals surface area contributed by atoms with Crippen LogP contribution in [0.3, 0.4) is 0 Å². The highest BCUT2D eigenvalue weighted by Crippen LogP contribution is 2.21. The molecule has 0 spiro atoms. The molecule has 1 aromatic carbocycles. The zero-order chi connectivity index (χ0) is 11.4. The van der Waals surface area contributed by atoms with Crippen LogP contribution in [-0.2, 0) is 12.4 Å². The van der Waals surface area contributed by atoms with E-state index in [4.69, 9.17) is 5.11 Å². The minimum Gasteiger partial charge on any atom is -0.388 e. The van der Waals surface area contributed by atoms with Crippen molar-refractivity contribution in [2.45, 2.75) is 24.2 Å². The summed E-state index contributed by atoms with van der Waals surface area (Å²) in [5.41, 5.74) is 1.25. The number of nitrogens with one attached hydrogen (secondary N) is 1. The van der Waals surface area contributed by atoms with Gasteiger partial charge in [0.2, 0.25) is 0 Å². The summed E-state index contributed by atoms with van der Waals surface area (Å²) in [7, 11) is 0. The van der Waals surface area contributed by atoms with Crippen LogP contribution in [-0.4, -0.2) is 20.3 Å². The van der Waals surface area contributed by atoms with Gasteiger partial charge >= 0.3 is 0 Å². The van der Waals surface area contributed by atoms with Gasteiger partial charge in [-0.15, -0.1) is 11.8 Å². The van der Waals surface area contributed by atoms with Gasteiger partial charge < -0.3 is 5.11 Å². The average molecular weight is 235 g/mol. The Kier molecular flexibility index (Phi) is 3.58. The van der Waals surface area contributed by atoms with E-state index in [0.717, 1.165) is 11.6 Å². The van der Waals surface area contributed by atoms with Gasteiger partial charge in [0.15, 0.2) is 5.82 Å². The van der Waals surface area contributed by atoms with E-state index >= 15 is 0 Å². The summed E-state index contributed by atoms with van der Waals surface area (Å²) < 4.78 is 0. The Bertz CT molecular complexity index is 470. The lowest BCUT2D eigenvalue weighted by molar-refractivity contribution is 0.272. The maximum absolute atomic E-state index is 8.82. The van der Waals surface area contributed by atoms with Gasteiger partial charge in [0.25, 0.3) is 0 Å². The minimum atomic E-state index is -0.119. The van der Waals surface area contributed by atoms with Crippen LogP contribution in [0.25, 0.3) is 0 Å². The number of aliphatic hydroxyl groups is 1. The molecule has 0 fully saturated rings. The number of aliphatic hydroxyl groups excluding tert-OH is 1. The molecule has 0 aliphatic rings. The van der Waals surface area contributed by atoms with E-state index < -0.39 is 0 Å². The maximum Gasteiger partial charge on any atom is 0.176 e. The molecule has 0 radical (unpaired) electrons. The third-order valence-corrected chi connectivity index (χ3v) is 3.09. The number of aromatic amines is 1. The van der Waals surface area contributed by atoms with Crippen molar-refractivity contribution in [1.29, 1.82) is 0 Å². The predicted octanol–water partition coefficient (Wildman–Crippen LogP) is 1.90. The van der Waals surface area contributed by atoms with Crippen LogP contribution in [0.1, 0.15) is 17.2 Å². The molecule has 0 saturated carbocycles. The van der Waals surface area contributed by atoms with Crippen molar-refractivity contribution in [3.8, 4) is 0 Å². The molecule has 0 aliphatic carbocycles. The second-order valence-corrected chi connectivity index (χ2v) is 4.51. The molecule has 0 atom stereocenters. The van der Waals surface area contributed by atoms with Crippen LogP contribution < -0.4 is 0 Å². The average Bonchev–Trinajstić information content (AvgIpc) is 2.74. The van der Waals surface area contributed by atoms with Crippen molar-refractivity contribution in [2.24, 2.45) is 0 Å². The second-order valence-electron chi connectivity index (χ2n) is 3.46. The molecule has 0 amide bonds. The van der Waals surface area contributed by atoms with Crippen LogP contribution in [0.4, 0.5) is 0 Å². The molecule has 5 heteroatoms. The van der Waals surface area contributed by atoms with Crippen LogP contribution >= 0.6 is 11.8 Å². The Morgan fingerprint density at radius 1 is 1.44 bits per heavy atom. The lowest BCUT2D eigenvalue weighted by atomic mass is 10.2. The van der Waals surface area contributed by atoms with Gasteiger partial charge in [-0.3, -0.25) is 5.10 Å². The molecule has 1 heterocycles. The van der Waals surface area contributed by atoms with Gasteiger partial charge in [0, 0.05) is 4.90 Å². The van der Waals surface area contributed by atoms with Crippen molar-refractivity contribution < 1.29 is 5.11 Å². The van der Waals surface area contributed by atoms with Gasteiger partial charge in [0.1, 0.15) is 12.4 Å². The SMILES string of the molecule is Cc1cccc(SCc2nc(CO)n[nH]2)c1. The van der Waals surface area contributed by atoms with Crippen molar-refractivity contribution in [3.63, 3.8) is 0 Å². The fourth-order valence-corrected chi connectivity index (χ4v) is 2.20. The maximum atomic E-state index is 8.82. The number of hydrogen-bond donors (Lipinski definition) is 2. The van der Waals surface area contributed by atoms with Gasteiger partial charge in [-0.05, 0) is 19.1 Å². The Morgan fingerprint density at radius 2 is 2.31 bits per heavy atom. The topological polar surface area (TPSA) is 61.8 Å². The highest BCUT2D eigenvalue weighted by atomic mass is 32.2. The number of nitrogens with zero attached hydrogens (tertiary/aromatic N) is 2. The molecule has 84 valence electrons. The van der Waals surface area contributed by atoms with Gasteiger partial charge in [-0.2, -0.15) is 5.10 Å². The minimum absolute atomic E-state index is 0.119. The molecular formula is C11H13N3OS. The number of hydrogen-bond acceptors (Lipinski definition) is 4. The number of thioether (sulfide) groups is 1. The highest BCUT2D eigenvalue weighted by Gasteiger charge is 2.02. The number of rotatable bonds is 4. The summed E-state index contributed by atoms with van der Waals surface area (Å²) in [4.78, 5) is 5.34. The third kappa shape index (κ3) is 2.84. The first-order valence-electron chi connectivity index (χ1n) is 4.98. The Labute approximate surface area is 98.1 Å². The second kappa shape index (κ2) is 5.14. The number of aromatic nitrogens is 3. The lowest BCUT2D eigenvalue weighted by Crippen LogP contribution is -1.86. The number of H-pyrrole nitrogens is 1. The monoisotopic (exact) mass is 235 g/mol. The fourth-order valence-electron chi connectivity index (χ4n) is 1.33. The van der Waals surface area contributed by atoms with Gasteiger partial charge in [-0.1, -0.05) is 17.7 Å².